The van der Waals surface area contributed by atoms with Crippen LogP contribution in [-0.4, -0.2) is 64.3 Å². The standard InChI is InChI=1S/C20H17FN6O2S/c21-17-10-15(1-2-16(17)18-23-12-24-25-18)27-4-3-13-9-14(11-22-19(13)27)20(28)26-5-7-30(29)8-6-26/h1-4,9-12H,5-8H2,(H,23,24,25). The van der Waals surface area contributed by atoms with E-state index in [2.05, 4.69) is 20.2 Å². The fraction of sp³-hybridized carbons (Fsp3) is 0.200. The highest BCUT2D eigenvalue weighted by Crippen LogP contribution is 2.25. The molecule has 0 bridgehead atoms. The van der Waals surface area contributed by atoms with Crippen molar-refractivity contribution in [3.63, 3.8) is 0 Å². The molecule has 1 fully saturated rings. The predicted molar refractivity (Wildman–Crippen MR) is 110 cm³/mol. The quantitative estimate of drug-likeness (QED) is 0.544. The molecule has 0 unspecified atom stereocenters. The van der Waals surface area contributed by atoms with Gasteiger partial charge >= 0.3 is 0 Å². The van der Waals surface area contributed by atoms with Crippen molar-refractivity contribution in [2.24, 2.45) is 0 Å². The number of carbonyl (C=O) groups is 1. The summed E-state index contributed by atoms with van der Waals surface area (Å²) in [6.45, 7) is 0.975. The van der Waals surface area contributed by atoms with Crippen molar-refractivity contribution in [3.8, 4) is 17.1 Å². The van der Waals surface area contributed by atoms with Crippen LogP contribution in [0.4, 0.5) is 4.39 Å². The van der Waals surface area contributed by atoms with Crippen LogP contribution in [0.15, 0.2) is 49.1 Å². The van der Waals surface area contributed by atoms with Crippen molar-refractivity contribution in [3.05, 3.63) is 60.4 Å². The Kier molecular flexibility index (Phi) is 4.62. The van der Waals surface area contributed by atoms with Crippen LogP contribution < -0.4 is 0 Å². The van der Waals surface area contributed by atoms with Gasteiger partial charge in [-0.15, -0.1) is 0 Å². The number of nitrogens with zero attached hydrogens (tertiary/aromatic N) is 5. The van der Waals surface area contributed by atoms with E-state index in [1.54, 1.807) is 33.9 Å². The zero-order valence-corrected chi connectivity index (χ0v) is 16.6. The molecule has 0 atom stereocenters. The van der Waals surface area contributed by atoms with E-state index >= 15 is 0 Å². The minimum atomic E-state index is -0.840. The molecule has 0 spiro atoms. The molecule has 3 aromatic heterocycles. The van der Waals surface area contributed by atoms with Gasteiger partial charge in [-0.25, -0.2) is 14.4 Å². The molecular formula is C20H17FN6O2S. The number of benzene rings is 1. The second kappa shape index (κ2) is 7.45. The topological polar surface area (TPSA) is 96.8 Å². The summed E-state index contributed by atoms with van der Waals surface area (Å²) in [4.78, 5) is 22.9. The van der Waals surface area contributed by atoms with Crippen LogP contribution in [0.3, 0.4) is 0 Å². The average molecular weight is 424 g/mol. The molecule has 1 N–H and O–H groups in total. The number of rotatable bonds is 3. The summed E-state index contributed by atoms with van der Waals surface area (Å²) in [7, 11) is -0.840. The van der Waals surface area contributed by atoms with Gasteiger partial charge in [-0.2, -0.15) is 5.10 Å². The van der Waals surface area contributed by atoms with E-state index in [-0.39, 0.29) is 5.91 Å². The van der Waals surface area contributed by atoms with E-state index in [9.17, 15) is 13.4 Å². The largest absolute Gasteiger partial charge is 0.337 e. The third kappa shape index (κ3) is 3.28. The maximum atomic E-state index is 14.6. The average Bonchev–Trinajstić information content (AvgIpc) is 3.43. The number of halogens is 1. The lowest BCUT2D eigenvalue weighted by Crippen LogP contribution is -2.41. The minimum absolute atomic E-state index is 0.115. The molecule has 8 nitrogen and oxygen atoms in total. The maximum Gasteiger partial charge on any atom is 0.255 e. The molecule has 30 heavy (non-hydrogen) atoms. The van der Waals surface area contributed by atoms with Crippen molar-refractivity contribution in [1.82, 2.24) is 29.6 Å². The Morgan fingerprint density at radius 3 is 2.70 bits per heavy atom. The number of aromatic nitrogens is 5. The van der Waals surface area contributed by atoms with Crippen LogP contribution in [0.5, 0.6) is 0 Å². The summed E-state index contributed by atoms with van der Waals surface area (Å²) in [5.74, 6) is 0.830. The van der Waals surface area contributed by atoms with Gasteiger partial charge < -0.3 is 9.47 Å². The highest BCUT2D eigenvalue weighted by Gasteiger charge is 2.22. The van der Waals surface area contributed by atoms with Crippen LogP contribution in [0.1, 0.15) is 10.4 Å². The third-order valence-corrected chi connectivity index (χ3v) is 6.42. The van der Waals surface area contributed by atoms with Gasteiger partial charge in [0, 0.05) is 58.9 Å². The van der Waals surface area contributed by atoms with E-state index < -0.39 is 16.6 Å². The lowest BCUT2D eigenvalue weighted by atomic mass is 10.2. The van der Waals surface area contributed by atoms with Crippen molar-refractivity contribution in [1.29, 1.82) is 0 Å². The first-order valence-corrected chi connectivity index (χ1v) is 10.9. The second-order valence-electron chi connectivity index (χ2n) is 6.96. The first-order valence-electron chi connectivity index (χ1n) is 9.37. The summed E-state index contributed by atoms with van der Waals surface area (Å²) < 4.78 is 27.9. The van der Waals surface area contributed by atoms with Crippen molar-refractivity contribution in [2.75, 3.05) is 24.6 Å². The van der Waals surface area contributed by atoms with Gasteiger partial charge in [-0.1, -0.05) is 0 Å². The summed E-state index contributed by atoms with van der Waals surface area (Å²) in [5.41, 5.74) is 2.05. The van der Waals surface area contributed by atoms with Gasteiger partial charge in [0.05, 0.1) is 11.1 Å². The SMILES string of the molecule is O=C(c1cnc2c(ccn2-c2ccc(-c3ncn[nH]3)c(F)c2)c1)N1CCS(=O)CC1. The summed E-state index contributed by atoms with van der Waals surface area (Å²) in [6.07, 6.45) is 4.65. The molecule has 4 heterocycles. The number of aromatic amines is 1. The second-order valence-corrected chi connectivity index (χ2v) is 8.66. The van der Waals surface area contributed by atoms with E-state index in [0.717, 1.165) is 5.39 Å². The molecule has 0 radical (unpaired) electrons. The molecule has 1 saturated heterocycles. The molecule has 0 saturated carbocycles. The Bertz CT molecular complexity index is 1260. The van der Waals surface area contributed by atoms with Crippen LogP contribution in [0.2, 0.25) is 0 Å². The number of pyridine rings is 1. The van der Waals surface area contributed by atoms with Crippen molar-refractivity contribution < 1.29 is 13.4 Å². The zero-order chi connectivity index (χ0) is 20.7. The monoisotopic (exact) mass is 424 g/mol. The maximum absolute atomic E-state index is 14.6. The van der Waals surface area contributed by atoms with Crippen LogP contribution in [-0.2, 0) is 10.8 Å². The molecule has 1 aromatic carbocycles. The van der Waals surface area contributed by atoms with E-state index in [1.807, 2.05) is 6.07 Å². The Labute approximate surface area is 173 Å². The van der Waals surface area contributed by atoms with Gasteiger partial charge in [0.25, 0.3) is 5.91 Å². The molecule has 1 aliphatic heterocycles. The summed E-state index contributed by atoms with van der Waals surface area (Å²) in [6, 6.07) is 8.44. The normalized spacial score (nSPS) is 15.0. The Morgan fingerprint density at radius 2 is 1.97 bits per heavy atom. The fourth-order valence-corrected chi connectivity index (χ4v) is 4.61. The number of carbonyl (C=O) groups excluding carboxylic acids is 1. The Hall–Kier alpha value is -3.40. The van der Waals surface area contributed by atoms with Crippen molar-refractivity contribution in [2.45, 2.75) is 0 Å². The van der Waals surface area contributed by atoms with E-state index in [0.29, 0.717) is 52.9 Å². The smallest absolute Gasteiger partial charge is 0.255 e. The summed E-state index contributed by atoms with van der Waals surface area (Å²) in [5, 5.41) is 7.18. The van der Waals surface area contributed by atoms with Gasteiger partial charge in [0.1, 0.15) is 17.8 Å². The molecule has 1 aliphatic rings. The molecule has 4 aromatic rings. The molecule has 1 amide bonds. The van der Waals surface area contributed by atoms with Crippen LogP contribution >= 0.6 is 0 Å². The van der Waals surface area contributed by atoms with Gasteiger partial charge in [0.15, 0.2) is 5.82 Å². The molecule has 152 valence electrons. The summed E-state index contributed by atoms with van der Waals surface area (Å²) >= 11 is 0. The van der Waals surface area contributed by atoms with E-state index in [4.69, 9.17) is 0 Å². The minimum Gasteiger partial charge on any atom is -0.337 e. The number of nitrogens with one attached hydrogen (secondary N) is 1. The van der Waals surface area contributed by atoms with E-state index in [1.165, 1.54) is 18.6 Å². The number of amides is 1. The number of hydrogen-bond donors (Lipinski definition) is 1. The van der Waals surface area contributed by atoms with Crippen molar-refractivity contribution >= 4 is 27.7 Å². The molecule has 0 aliphatic carbocycles. The highest BCUT2D eigenvalue weighted by molar-refractivity contribution is 7.85. The molecular weight excluding hydrogens is 407 g/mol. The van der Waals surface area contributed by atoms with Gasteiger partial charge in [-0.05, 0) is 30.3 Å². The Morgan fingerprint density at radius 1 is 1.13 bits per heavy atom. The lowest BCUT2D eigenvalue weighted by molar-refractivity contribution is 0.0771. The first kappa shape index (κ1) is 18.6. The number of hydrogen-bond acceptors (Lipinski definition) is 5. The third-order valence-electron chi connectivity index (χ3n) is 5.14. The lowest BCUT2D eigenvalue weighted by Gasteiger charge is -2.26. The van der Waals surface area contributed by atoms with Gasteiger partial charge in [0.2, 0.25) is 0 Å². The fourth-order valence-electron chi connectivity index (χ4n) is 3.55. The number of fused-ring (bicyclic) bond motifs is 1. The van der Waals surface area contributed by atoms with Gasteiger partial charge in [-0.3, -0.25) is 14.1 Å². The highest BCUT2D eigenvalue weighted by atomic mass is 32.2. The number of H-pyrrole nitrogens is 1. The zero-order valence-electron chi connectivity index (χ0n) is 15.8. The molecule has 10 heteroatoms. The first-order chi connectivity index (χ1) is 14.6. The van der Waals surface area contributed by atoms with Crippen LogP contribution in [0, 0.1) is 5.82 Å². The Balaban J connectivity index is 1.45. The predicted octanol–water partition coefficient (Wildman–Crippen LogP) is 2.15. The molecule has 5 rings (SSSR count). The van der Waals surface area contributed by atoms with Crippen LogP contribution in [0.25, 0.3) is 28.1 Å².